The van der Waals surface area contributed by atoms with Gasteiger partial charge in [-0.2, -0.15) is 0 Å². The molecule has 4 heteroatoms. The Kier molecular flexibility index (Phi) is 3.93. The van der Waals surface area contributed by atoms with Gasteiger partial charge >= 0.3 is 0 Å². The largest absolute Gasteiger partial charge is 0.457 e. The fourth-order valence-electron chi connectivity index (χ4n) is 4.95. The number of anilines is 1. The Morgan fingerprint density at radius 2 is 1.72 bits per heavy atom. The first-order chi connectivity index (χ1) is 15.6. The van der Waals surface area contributed by atoms with Gasteiger partial charge in [-0.1, -0.05) is 50.8 Å². The summed E-state index contributed by atoms with van der Waals surface area (Å²) < 4.78 is 8.53. The molecular weight excluding hydrogens is 394 g/mol. The molecule has 0 fully saturated rings. The molecule has 0 spiro atoms. The summed E-state index contributed by atoms with van der Waals surface area (Å²) in [5.74, 6) is 2.55. The zero-order valence-corrected chi connectivity index (χ0v) is 18.1. The lowest BCUT2D eigenvalue weighted by atomic mass is 9.76. The summed E-state index contributed by atoms with van der Waals surface area (Å²) in [6, 6.07) is 25.0. The van der Waals surface area contributed by atoms with Crippen molar-refractivity contribution in [3.63, 3.8) is 0 Å². The minimum absolute atomic E-state index is 0.120. The molecule has 0 aliphatic carbocycles. The van der Waals surface area contributed by atoms with Crippen LogP contribution in [0.5, 0.6) is 11.5 Å². The summed E-state index contributed by atoms with van der Waals surface area (Å²) >= 11 is 0. The monoisotopic (exact) mass is 417 g/mol. The molecule has 0 radical (unpaired) electrons. The fourth-order valence-corrected chi connectivity index (χ4v) is 4.95. The molecule has 1 aliphatic heterocycles. The van der Waals surface area contributed by atoms with E-state index >= 15 is 0 Å². The molecule has 2 aromatic heterocycles. The number of nitrogens with zero attached hydrogens (tertiary/aromatic N) is 2. The normalized spacial score (nSPS) is 13.7. The molecule has 32 heavy (non-hydrogen) atoms. The number of ether oxygens (including phenoxy) is 1. The minimum atomic E-state index is -0.120. The molecule has 0 atom stereocenters. The summed E-state index contributed by atoms with van der Waals surface area (Å²) in [6.45, 7) is 8.28. The molecular formula is C28H23N3O. The van der Waals surface area contributed by atoms with Crippen molar-refractivity contribution < 1.29 is 4.74 Å². The van der Waals surface area contributed by atoms with Crippen LogP contribution in [0, 0.1) is 0 Å². The van der Waals surface area contributed by atoms with Crippen LogP contribution in [0.1, 0.15) is 25.0 Å². The third kappa shape index (κ3) is 2.59. The zero-order valence-electron chi connectivity index (χ0n) is 18.1. The third-order valence-corrected chi connectivity index (χ3v) is 6.44. The average molecular weight is 418 g/mol. The zero-order chi connectivity index (χ0) is 21.9. The Bertz CT molecular complexity index is 1530. The molecule has 4 nitrogen and oxygen atoms in total. The van der Waals surface area contributed by atoms with Crippen molar-refractivity contribution in [3.05, 3.63) is 103 Å². The lowest BCUT2D eigenvalue weighted by Crippen LogP contribution is -2.26. The number of pyridine rings is 1. The number of fused-ring (bicyclic) bond motifs is 5. The maximum Gasteiger partial charge on any atom is 0.141 e. The first-order valence-electron chi connectivity index (χ1n) is 10.8. The Morgan fingerprint density at radius 1 is 0.906 bits per heavy atom. The van der Waals surface area contributed by atoms with Crippen LogP contribution in [0.25, 0.3) is 27.6 Å². The molecule has 0 unspecified atom stereocenters. The average Bonchev–Trinajstić information content (AvgIpc) is 3.12. The van der Waals surface area contributed by atoms with E-state index in [1.54, 1.807) is 6.20 Å². The van der Waals surface area contributed by atoms with Gasteiger partial charge < -0.3 is 10.1 Å². The van der Waals surface area contributed by atoms with Gasteiger partial charge in [-0.3, -0.25) is 4.57 Å². The highest BCUT2D eigenvalue weighted by molar-refractivity contribution is 6.11. The summed E-state index contributed by atoms with van der Waals surface area (Å²) in [6.07, 6.45) is 3.53. The second kappa shape index (κ2) is 6.72. The van der Waals surface area contributed by atoms with Crippen molar-refractivity contribution in [1.29, 1.82) is 0 Å². The predicted octanol–water partition coefficient (Wildman–Crippen LogP) is 7.17. The first-order valence-corrected chi connectivity index (χ1v) is 10.8. The fraction of sp³-hybridized carbons (Fsp3) is 0.107. The van der Waals surface area contributed by atoms with E-state index < -0.39 is 0 Å². The van der Waals surface area contributed by atoms with Gasteiger partial charge in [0.05, 0.1) is 11.0 Å². The Hall–Kier alpha value is -4.05. The third-order valence-electron chi connectivity index (χ3n) is 6.44. The van der Waals surface area contributed by atoms with Crippen molar-refractivity contribution in [1.82, 2.24) is 9.55 Å². The number of rotatable bonds is 4. The van der Waals surface area contributed by atoms with Crippen molar-refractivity contribution in [2.45, 2.75) is 19.3 Å². The van der Waals surface area contributed by atoms with Gasteiger partial charge in [0.25, 0.3) is 0 Å². The minimum Gasteiger partial charge on any atom is -0.457 e. The molecule has 0 saturated carbocycles. The number of aromatic nitrogens is 2. The SMILES string of the molecule is C=CNc1cccc(Oc2ccc3c4cccc5c4n(c3c2)-c2ncccc2C5(C)C)c1. The van der Waals surface area contributed by atoms with Crippen LogP contribution in [0.3, 0.4) is 0 Å². The lowest BCUT2D eigenvalue weighted by molar-refractivity contribution is 0.483. The van der Waals surface area contributed by atoms with Crippen LogP contribution in [0.4, 0.5) is 5.69 Å². The van der Waals surface area contributed by atoms with Gasteiger partial charge in [0.15, 0.2) is 0 Å². The summed E-state index contributed by atoms with van der Waals surface area (Å²) in [5, 5.41) is 5.54. The molecule has 3 heterocycles. The van der Waals surface area contributed by atoms with Crippen molar-refractivity contribution in [2.24, 2.45) is 0 Å². The van der Waals surface area contributed by atoms with Gasteiger partial charge in [0.1, 0.15) is 17.3 Å². The maximum atomic E-state index is 6.24. The molecule has 1 aliphatic rings. The van der Waals surface area contributed by atoms with Crippen LogP contribution in [-0.2, 0) is 5.41 Å². The lowest BCUT2D eigenvalue weighted by Gasteiger charge is -2.33. The molecule has 0 bridgehead atoms. The Labute approximate surface area is 186 Å². The Balaban J connectivity index is 1.58. The van der Waals surface area contributed by atoms with E-state index in [2.05, 4.69) is 66.7 Å². The number of benzene rings is 3. The van der Waals surface area contributed by atoms with Gasteiger partial charge in [0, 0.05) is 45.8 Å². The second-order valence-corrected chi connectivity index (χ2v) is 8.69. The van der Waals surface area contributed by atoms with E-state index in [4.69, 9.17) is 9.72 Å². The van der Waals surface area contributed by atoms with Gasteiger partial charge in [-0.05, 0) is 42.1 Å². The molecule has 5 aromatic rings. The van der Waals surface area contributed by atoms with E-state index in [-0.39, 0.29) is 5.41 Å². The van der Waals surface area contributed by atoms with E-state index in [0.29, 0.717) is 0 Å². The van der Waals surface area contributed by atoms with Crippen LogP contribution >= 0.6 is 0 Å². The predicted molar refractivity (Wildman–Crippen MR) is 131 cm³/mol. The van der Waals surface area contributed by atoms with E-state index in [0.717, 1.165) is 28.5 Å². The molecule has 0 amide bonds. The molecule has 3 aromatic carbocycles. The number of nitrogens with one attached hydrogen (secondary N) is 1. The van der Waals surface area contributed by atoms with Crippen molar-refractivity contribution >= 4 is 27.5 Å². The van der Waals surface area contributed by atoms with Gasteiger partial charge in [-0.15, -0.1) is 0 Å². The standard InChI is InChI=1S/C28H23N3O/c1-4-29-18-8-5-9-19(16-18)32-20-13-14-21-22-10-6-11-23-26(22)31(25(21)17-20)27-24(28(23,2)3)12-7-15-30-27/h4-17,29H,1H2,2-3H3. The van der Waals surface area contributed by atoms with Crippen molar-refractivity contribution in [3.8, 4) is 17.3 Å². The van der Waals surface area contributed by atoms with Crippen LogP contribution in [0.15, 0.2) is 91.8 Å². The summed E-state index contributed by atoms with van der Waals surface area (Å²) in [4.78, 5) is 4.81. The topological polar surface area (TPSA) is 39.1 Å². The quantitative estimate of drug-likeness (QED) is 0.337. The number of hydrogen-bond donors (Lipinski definition) is 1. The number of hydrogen-bond acceptors (Lipinski definition) is 3. The van der Waals surface area contributed by atoms with E-state index in [1.165, 1.54) is 27.4 Å². The highest BCUT2D eigenvalue weighted by Gasteiger charge is 2.35. The highest BCUT2D eigenvalue weighted by atomic mass is 16.5. The van der Waals surface area contributed by atoms with Crippen LogP contribution < -0.4 is 10.1 Å². The Morgan fingerprint density at radius 3 is 2.59 bits per heavy atom. The molecule has 0 saturated heterocycles. The second-order valence-electron chi connectivity index (χ2n) is 8.69. The van der Waals surface area contributed by atoms with E-state index in [9.17, 15) is 0 Å². The smallest absolute Gasteiger partial charge is 0.141 e. The maximum absolute atomic E-state index is 6.24. The van der Waals surface area contributed by atoms with Crippen LogP contribution in [-0.4, -0.2) is 9.55 Å². The highest BCUT2D eigenvalue weighted by Crippen LogP contribution is 2.47. The van der Waals surface area contributed by atoms with Gasteiger partial charge in [-0.25, -0.2) is 4.98 Å². The van der Waals surface area contributed by atoms with Crippen molar-refractivity contribution in [2.75, 3.05) is 5.32 Å². The molecule has 1 N–H and O–H groups in total. The summed E-state index contributed by atoms with van der Waals surface area (Å²) in [7, 11) is 0. The molecule has 6 rings (SSSR count). The molecule has 156 valence electrons. The van der Waals surface area contributed by atoms with Crippen LogP contribution in [0.2, 0.25) is 0 Å². The summed E-state index contributed by atoms with van der Waals surface area (Å²) in [5.41, 5.74) is 5.69. The number of para-hydroxylation sites is 1. The first kappa shape index (κ1) is 18.7. The van der Waals surface area contributed by atoms with E-state index in [1.807, 2.05) is 42.6 Å². The van der Waals surface area contributed by atoms with Gasteiger partial charge in [0.2, 0.25) is 0 Å².